The second-order valence-electron chi connectivity index (χ2n) is 10.1. The number of halogens is 2. The quantitative estimate of drug-likeness (QED) is 0.356. The van der Waals surface area contributed by atoms with Gasteiger partial charge in [-0.05, 0) is 67.6 Å². The highest BCUT2D eigenvalue weighted by molar-refractivity contribution is 7.89. The molecular formula is C29H32F2N4O6S. The van der Waals surface area contributed by atoms with E-state index in [2.05, 4.69) is 10.6 Å². The number of benzene rings is 3. The monoisotopic (exact) mass is 602 g/mol. The molecule has 3 amide bonds. The van der Waals surface area contributed by atoms with Crippen LogP contribution in [-0.4, -0.2) is 73.6 Å². The molecule has 0 saturated carbocycles. The number of hydrogen-bond acceptors (Lipinski definition) is 6. The van der Waals surface area contributed by atoms with E-state index in [-0.39, 0.29) is 41.6 Å². The van der Waals surface area contributed by atoms with Gasteiger partial charge in [-0.15, -0.1) is 0 Å². The van der Waals surface area contributed by atoms with E-state index in [1.54, 1.807) is 19.9 Å². The van der Waals surface area contributed by atoms with Crippen LogP contribution in [0.3, 0.4) is 0 Å². The summed E-state index contributed by atoms with van der Waals surface area (Å²) in [5.41, 5.74) is 0.572. The van der Waals surface area contributed by atoms with E-state index >= 15 is 0 Å². The molecule has 3 aromatic rings. The van der Waals surface area contributed by atoms with E-state index in [4.69, 9.17) is 4.74 Å². The highest BCUT2D eigenvalue weighted by Crippen LogP contribution is 2.35. The molecule has 1 aliphatic rings. The van der Waals surface area contributed by atoms with Gasteiger partial charge in [0.2, 0.25) is 10.0 Å². The Bertz CT molecular complexity index is 1540. The molecule has 3 aromatic carbocycles. The third-order valence-corrected chi connectivity index (χ3v) is 8.84. The van der Waals surface area contributed by atoms with Gasteiger partial charge in [-0.3, -0.25) is 4.79 Å². The van der Waals surface area contributed by atoms with Crippen LogP contribution in [0, 0.1) is 17.6 Å². The van der Waals surface area contributed by atoms with Crippen molar-refractivity contribution >= 4 is 33.3 Å². The minimum absolute atomic E-state index is 0.0241. The van der Waals surface area contributed by atoms with Gasteiger partial charge >= 0.3 is 6.03 Å². The van der Waals surface area contributed by atoms with Gasteiger partial charge in [0.25, 0.3) is 5.91 Å². The predicted molar refractivity (Wildman–Crippen MR) is 153 cm³/mol. The maximum absolute atomic E-state index is 13.6. The van der Waals surface area contributed by atoms with Gasteiger partial charge in [0, 0.05) is 25.2 Å². The minimum Gasteiger partial charge on any atom is -0.486 e. The largest absolute Gasteiger partial charge is 0.486 e. The number of amides is 3. The van der Waals surface area contributed by atoms with Crippen LogP contribution in [0.25, 0.3) is 0 Å². The van der Waals surface area contributed by atoms with Crippen molar-refractivity contribution in [1.29, 1.82) is 0 Å². The van der Waals surface area contributed by atoms with Crippen molar-refractivity contribution in [3.05, 3.63) is 83.9 Å². The number of rotatable bonds is 8. The van der Waals surface area contributed by atoms with Crippen LogP contribution >= 0.6 is 0 Å². The van der Waals surface area contributed by atoms with Crippen molar-refractivity contribution in [2.24, 2.45) is 5.92 Å². The van der Waals surface area contributed by atoms with E-state index in [9.17, 15) is 31.9 Å². The van der Waals surface area contributed by atoms with Crippen LogP contribution in [0.5, 0.6) is 5.75 Å². The number of ether oxygens (including phenoxy) is 1. The number of aliphatic hydroxyl groups is 1. The topological polar surface area (TPSA) is 128 Å². The lowest BCUT2D eigenvalue weighted by Crippen LogP contribution is -2.50. The molecule has 224 valence electrons. The smallest absolute Gasteiger partial charge is 0.323 e. The lowest BCUT2D eigenvalue weighted by Gasteiger charge is -2.38. The highest BCUT2D eigenvalue weighted by atomic mass is 32.2. The molecule has 0 fully saturated rings. The number of urea groups is 1. The van der Waals surface area contributed by atoms with Gasteiger partial charge in [0.15, 0.2) is 5.75 Å². The first-order chi connectivity index (χ1) is 19.9. The van der Waals surface area contributed by atoms with Crippen LogP contribution in [0.2, 0.25) is 0 Å². The summed E-state index contributed by atoms with van der Waals surface area (Å²) in [6.45, 7) is 3.17. The van der Waals surface area contributed by atoms with Crippen molar-refractivity contribution in [3.63, 3.8) is 0 Å². The van der Waals surface area contributed by atoms with Gasteiger partial charge in [0.1, 0.15) is 17.7 Å². The van der Waals surface area contributed by atoms with Crippen LogP contribution in [0.1, 0.15) is 24.2 Å². The van der Waals surface area contributed by atoms with Crippen molar-refractivity contribution in [3.8, 4) is 5.75 Å². The fraction of sp³-hybridized carbons (Fsp3) is 0.310. The Kier molecular flexibility index (Phi) is 9.44. The first-order valence-electron chi connectivity index (χ1n) is 13.2. The number of fused-ring (bicyclic) bond motifs is 1. The highest BCUT2D eigenvalue weighted by Gasteiger charge is 2.36. The summed E-state index contributed by atoms with van der Waals surface area (Å²) in [5.74, 6) is -1.88. The molecule has 0 spiro atoms. The molecule has 0 aromatic heterocycles. The third-order valence-electron chi connectivity index (χ3n) is 7.00. The summed E-state index contributed by atoms with van der Waals surface area (Å²) in [4.78, 5) is 27.8. The number of anilines is 2. The maximum atomic E-state index is 13.6. The Balaban J connectivity index is 1.68. The summed E-state index contributed by atoms with van der Waals surface area (Å²) in [6, 6.07) is 12.9. The Labute approximate surface area is 242 Å². The number of hydrogen-bond donors (Lipinski definition) is 3. The molecule has 1 heterocycles. The summed E-state index contributed by atoms with van der Waals surface area (Å²) in [7, 11) is -2.66. The average molecular weight is 603 g/mol. The van der Waals surface area contributed by atoms with Crippen molar-refractivity contribution in [1.82, 2.24) is 9.21 Å². The van der Waals surface area contributed by atoms with Gasteiger partial charge in [-0.2, -0.15) is 4.31 Å². The number of carbonyl (C=O) groups excluding carboxylic acids is 2. The first-order valence-corrected chi connectivity index (χ1v) is 14.6. The summed E-state index contributed by atoms with van der Waals surface area (Å²) >= 11 is 0. The molecule has 0 aliphatic carbocycles. The molecule has 3 N–H and O–H groups in total. The van der Waals surface area contributed by atoms with Crippen molar-refractivity contribution in [2.75, 3.05) is 37.4 Å². The molecule has 0 unspecified atom stereocenters. The number of nitrogens with zero attached hydrogens (tertiary/aromatic N) is 2. The summed E-state index contributed by atoms with van der Waals surface area (Å²) in [5, 5.41) is 15.1. The first kappa shape index (κ1) is 30.9. The van der Waals surface area contributed by atoms with Gasteiger partial charge in [-0.25, -0.2) is 22.0 Å². The number of sulfonamides is 1. The molecule has 0 bridgehead atoms. The zero-order chi connectivity index (χ0) is 30.6. The van der Waals surface area contributed by atoms with Gasteiger partial charge in [-0.1, -0.05) is 13.0 Å². The second kappa shape index (κ2) is 12.8. The standard InChI is InChI=1S/C29H32F2N4O6S/c1-18-15-35(19(2)17-36)28(37)24-5-4-6-25(33-29(38)32-22-11-7-20(30)8-12-22)27(24)41-26(18)16-34(3)42(39,40)23-13-9-21(31)10-14-23/h4-14,18-19,26,36H,15-17H2,1-3H3,(H2,32,33,38)/t18-,19-,26-/m1/s1. The SMILES string of the molecule is C[C@@H]1CN([C@H](C)CO)C(=O)c2cccc(NC(=O)Nc3ccc(F)cc3)c2O[C@@H]1CN(C)S(=O)(=O)c1ccc(F)cc1. The zero-order valence-electron chi connectivity index (χ0n) is 23.3. The van der Waals surface area contributed by atoms with Gasteiger partial charge in [0.05, 0.1) is 35.3 Å². The summed E-state index contributed by atoms with van der Waals surface area (Å²) in [6.07, 6.45) is -0.812. The molecule has 3 atom stereocenters. The lowest BCUT2D eigenvalue weighted by molar-refractivity contribution is 0.0389. The average Bonchev–Trinajstić information content (AvgIpc) is 2.96. The Hall–Kier alpha value is -4.07. The Morgan fingerprint density at radius 1 is 1.07 bits per heavy atom. The number of carbonyl (C=O) groups is 2. The Morgan fingerprint density at radius 2 is 1.69 bits per heavy atom. The molecular weight excluding hydrogens is 570 g/mol. The number of para-hydroxylation sites is 1. The summed E-state index contributed by atoms with van der Waals surface area (Å²) < 4.78 is 60.6. The van der Waals surface area contributed by atoms with Crippen molar-refractivity contribution < 1.29 is 36.6 Å². The maximum Gasteiger partial charge on any atom is 0.323 e. The number of likely N-dealkylation sites (N-methyl/N-ethyl adjacent to an activating group) is 1. The van der Waals surface area contributed by atoms with E-state index < -0.39 is 51.7 Å². The van der Waals surface area contributed by atoms with E-state index in [1.165, 1.54) is 60.5 Å². The Morgan fingerprint density at radius 3 is 2.31 bits per heavy atom. The predicted octanol–water partition coefficient (Wildman–Crippen LogP) is 4.15. The zero-order valence-corrected chi connectivity index (χ0v) is 24.1. The van der Waals surface area contributed by atoms with E-state index in [0.717, 1.165) is 16.4 Å². The van der Waals surface area contributed by atoms with Gasteiger partial charge < -0.3 is 25.4 Å². The number of nitrogens with one attached hydrogen (secondary N) is 2. The second-order valence-corrected chi connectivity index (χ2v) is 12.2. The molecule has 0 saturated heterocycles. The van der Waals surface area contributed by atoms with Crippen LogP contribution in [0.15, 0.2) is 71.6 Å². The molecule has 0 radical (unpaired) electrons. The van der Waals surface area contributed by atoms with Crippen molar-refractivity contribution in [2.45, 2.75) is 30.9 Å². The molecule has 13 heteroatoms. The normalized spacial score (nSPS) is 18.0. The third kappa shape index (κ3) is 6.86. The van der Waals surface area contributed by atoms with E-state index in [1.807, 2.05) is 0 Å². The molecule has 42 heavy (non-hydrogen) atoms. The molecule has 4 rings (SSSR count). The fourth-order valence-electron chi connectivity index (χ4n) is 4.52. The van der Waals surface area contributed by atoms with Crippen LogP contribution < -0.4 is 15.4 Å². The number of aliphatic hydroxyl groups excluding tert-OH is 1. The van der Waals surface area contributed by atoms with Crippen LogP contribution in [-0.2, 0) is 10.0 Å². The fourth-order valence-corrected chi connectivity index (χ4v) is 5.70. The minimum atomic E-state index is -4.03. The lowest BCUT2D eigenvalue weighted by atomic mass is 9.99. The molecule has 10 nitrogen and oxygen atoms in total. The van der Waals surface area contributed by atoms with Crippen LogP contribution in [0.4, 0.5) is 25.0 Å². The molecule has 1 aliphatic heterocycles. The van der Waals surface area contributed by atoms with E-state index in [0.29, 0.717) is 5.69 Å².